The molecule has 2 aromatic heterocycles. The summed E-state index contributed by atoms with van der Waals surface area (Å²) in [4.78, 5) is 14.3. The molecule has 0 fully saturated rings. The lowest BCUT2D eigenvalue weighted by molar-refractivity contribution is 0.0937. The zero-order valence-corrected chi connectivity index (χ0v) is 12.8. The largest absolute Gasteiger partial charge is 0.344 e. The molecule has 0 bridgehead atoms. The highest BCUT2D eigenvalue weighted by Crippen LogP contribution is 2.33. The number of fused-ring (bicyclic) bond motifs is 1. The third-order valence-electron chi connectivity index (χ3n) is 3.15. The predicted octanol–water partition coefficient (Wildman–Crippen LogP) is 4.38. The van der Waals surface area contributed by atoms with Crippen LogP contribution < -0.4 is 5.32 Å². The van der Waals surface area contributed by atoms with Crippen molar-refractivity contribution in [1.29, 1.82) is 0 Å². The fourth-order valence-corrected chi connectivity index (χ4v) is 4.58. The molecule has 0 radical (unpaired) electrons. The zero-order chi connectivity index (χ0) is 12.5. The van der Waals surface area contributed by atoms with Gasteiger partial charge in [-0.25, -0.2) is 0 Å². The summed E-state index contributed by atoms with van der Waals surface area (Å²) in [5, 5.41) is 5.27. The fourth-order valence-electron chi connectivity index (χ4n) is 2.30. The molecule has 0 aromatic carbocycles. The average molecular weight is 342 g/mol. The molecule has 94 valence electrons. The molecule has 1 N–H and O–H groups in total. The van der Waals surface area contributed by atoms with Gasteiger partial charge in [0.2, 0.25) is 0 Å². The smallest absolute Gasteiger partial charge is 0.261 e. The second-order valence-corrected chi connectivity index (χ2v) is 7.78. The third kappa shape index (κ3) is 2.39. The Balaban J connectivity index is 1.77. The van der Waals surface area contributed by atoms with Crippen molar-refractivity contribution in [2.75, 3.05) is 0 Å². The maximum Gasteiger partial charge on any atom is 0.261 e. The van der Waals surface area contributed by atoms with Crippen LogP contribution in [0.2, 0.25) is 0 Å². The van der Waals surface area contributed by atoms with E-state index >= 15 is 0 Å². The normalized spacial score (nSPS) is 18.4. The molecule has 1 atom stereocenters. The number of hydrogen-bond donors (Lipinski definition) is 1. The summed E-state index contributed by atoms with van der Waals surface area (Å²) in [7, 11) is 0. The highest BCUT2D eigenvalue weighted by molar-refractivity contribution is 9.11. The first-order chi connectivity index (χ1) is 8.74. The van der Waals surface area contributed by atoms with Crippen molar-refractivity contribution in [3.8, 4) is 0 Å². The van der Waals surface area contributed by atoms with Crippen LogP contribution in [0.1, 0.15) is 39.0 Å². The number of carbonyl (C=O) groups is 1. The number of thiophene rings is 2. The van der Waals surface area contributed by atoms with Gasteiger partial charge in [0.15, 0.2) is 0 Å². The number of halogens is 1. The molecule has 1 unspecified atom stereocenters. The summed E-state index contributed by atoms with van der Waals surface area (Å²) in [6, 6.07) is 6.11. The van der Waals surface area contributed by atoms with Crippen molar-refractivity contribution in [2.45, 2.75) is 25.3 Å². The van der Waals surface area contributed by atoms with Crippen molar-refractivity contribution in [3.05, 3.63) is 42.7 Å². The Morgan fingerprint density at radius 1 is 1.39 bits per heavy atom. The van der Waals surface area contributed by atoms with E-state index in [0.29, 0.717) is 0 Å². The van der Waals surface area contributed by atoms with Crippen LogP contribution in [0.3, 0.4) is 0 Å². The van der Waals surface area contributed by atoms with Gasteiger partial charge >= 0.3 is 0 Å². The second kappa shape index (κ2) is 5.15. The molecule has 0 saturated heterocycles. The minimum Gasteiger partial charge on any atom is -0.344 e. The lowest BCUT2D eigenvalue weighted by Gasteiger charge is -2.23. The van der Waals surface area contributed by atoms with E-state index < -0.39 is 0 Å². The van der Waals surface area contributed by atoms with E-state index in [9.17, 15) is 4.79 Å². The molecule has 3 rings (SSSR count). The minimum absolute atomic E-state index is 0.0368. The molecule has 0 spiro atoms. The Morgan fingerprint density at radius 3 is 3.06 bits per heavy atom. The van der Waals surface area contributed by atoms with E-state index in [1.54, 1.807) is 11.3 Å². The summed E-state index contributed by atoms with van der Waals surface area (Å²) < 4.78 is 0.993. The van der Waals surface area contributed by atoms with Gasteiger partial charge in [-0.05, 0) is 64.3 Å². The van der Waals surface area contributed by atoms with E-state index in [4.69, 9.17) is 0 Å². The van der Waals surface area contributed by atoms with Crippen LogP contribution in [0.15, 0.2) is 27.4 Å². The van der Waals surface area contributed by atoms with Crippen LogP contribution in [0, 0.1) is 0 Å². The third-order valence-corrected chi connectivity index (χ3v) is 5.77. The number of carbonyl (C=O) groups excluding carboxylic acids is 1. The van der Waals surface area contributed by atoms with Gasteiger partial charge < -0.3 is 5.32 Å². The molecular weight excluding hydrogens is 330 g/mol. The van der Waals surface area contributed by atoms with Crippen LogP contribution in [0.25, 0.3) is 0 Å². The molecule has 1 aliphatic rings. The average Bonchev–Trinajstić information content (AvgIpc) is 2.97. The summed E-state index contributed by atoms with van der Waals surface area (Å²) in [5.41, 5.74) is 1.32. The topological polar surface area (TPSA) is 29.1 Å². The summed E-state index contributed by atoms with van der Waals surface area (Å²) >= 11 is 6.66. The predicted molar refractivity (Wildman–Crippen MR) is 79.5 cm³/mol. The minimum atomic E-state index is 0.0368. The first kappa shape index (κ1) is 12.4. The van der Waals surface area contributed by atoms with Gasteiger partial charge in [0.25, 0.3) is 5.91 Å². The van der Waals surface area contributed by atoms with Crippen LogP contribution in [0.5, 0.6) is 0 Å². The SMILES string of the molecule is O=C(NC1CCCc2sccc21)c1ccc(Br)s1. The van der Waals surface area contributed by atoms with Crippen molar-refractivity contribution < 1.29 is 4.79 Å². The lowest BCUT2D eigenvalue weighted by Crippen LogP contribution is -2.29. The van der Waals surface area contributed by atoms with Crippen molar-refractivity contribution in [2.24, 2.45) is 0 Å². The number of aryl methyl sites for hydroxylation is 1. The van der Waals surface area contributed by atoms with Gasteiger partial charge in [0.1, 0.15) is 0 Å². The zero-order valence-electron chi connectivity index (χ0n) is 9.61. The first-order valence-corrected chi connectivity index (χ1v) is 8.35. The van der Waals surface area contributed by atoms with Gasteiger partial charge in [-0.3, -0.25) is 4.79 Å². The van der Waals surface area contributed by atoms with Crippen LogP contribution in [-0.2, 0) is 6.42 Å². The summed E-state index contributed by atoms with van der Waals surface area (Å²) in [5.74, 6) is 0.0368. The highest BCUT2D eigenvalue weighted by Gasteiger charge is 2.23. The number of nitrogens with one attached hydrogen (secondary N) is 1. The molecule has 1 aliphatic carbocycles. The van der Waals surface area contributed by atoms with E-state index in [0.717, 1.165) is 27.9 Å². The Kier molecular flexibility index (Phi) is 3.54. The van der Waals surface area contributed by atoms with E-state index in [1.165, 1.54) is 21.8 Å². The maximum atomic E-state index is 12.1. The number of rotatable bonds is 2. The van der Waals surface area contributed by atoms with Gasteiger partial charge in [0, 0.05) is 4.88 Å². The first-order valence-electron chi connectivity index (χ1n) is 5.86. The molecule has 1 amide bonds. The Hall–Kier alpha value is -0.650. The van der Waals surface area contributed by atoms with Gasteiger partial charge in [-0.15, -0.1) is 22.7 Å². The molecular formula is C13H12BrNOS2. The van der Waals surface area contributed by atoms with E-state index in [-0.39, 0.29) is 11.9 Å². The summed E-state index contributed by atoms with van der Waals surface area (Å²) in [6.07, 6.45) is 3.36. The van der Waals surface area contributed by atoms with Crippen molar-refractivity contribution in [1.82, 2.24) is 5.32 Å². The maximum absolute atomic E-state index is 12.1. The molecule has 0 saturated carbocycles. The highest BCUT2D eigenvalue weighted by atomic mass is 79.9. The van der Waals surface area contributed by atoms with E-state index in [1.807, 2.05) is 12.1 Å². The summed E-state index contributed by atoms with van der Waals surface area (Å²) in [6.45, 7) is 0. The fraction of sp³-hybridized carbons (Fsp3) is 0.308. The molecule has 18 heavy (non-hydrogen) atoms. The number of amides is 1. The van der Waals surface area contributed by atoms with Crippen LogP contribution in [-0.4, -0.2) is 5.91 Å². The molecule has 2 aromatic rings. The Morgan fingerprint density at radius 2 is 2.28 bits per heavy atom. The number of hydrogen-bond acceptors (Lipinski definition) is 3. The van der Waals surface area contributed by atoms with Crippen molar-refractivity contribution >= 4 is 44.5 Å². The van der Waals surface area contributed by atoms with Gasteiger partial charge in [0.05, 0.1) is 14.7 Å². The molecule has 5 heteroatoms. The monoisotopic (exact) mass is 341 g/mol. The lowest BCUT2D eigenvalue weighted by atomic mass is 9.94. The molecule has 2 heterocycles. The second-order valence-electron chi connectivity index (χ2n) is 4.32. The Labute approximate surface area is 122 Å². The standard InChI is InChI=1S/C13H12BrNOS2/c14-12-5-4-11(18-12)13(16)15-9-2-1-3-10-8(9)6-7-17-10/h4-7,9H,1-3H2,(H,15,16). The van der Waals surface area contributed by atoms with Crippen molar-refractivity contribution in [3.63, 3.8) is 0 Å². The molecule has 2 nitrogen and oxygen atoms in total. The molecule has 0 aliphatic heterocycles. The quantitative estimate of drug-likeness (QED) is 0.862. The van der Waals surface area contributed by atoms with Crippen LogP contribution >= 0.6 is 38.6 Å². The van der Waals surface area contributed by atoms with Crippen LogP contribution in [0.4, 0.5) is 0 Å². The van der Waals surface area contributed by atoms with E-state index in [2.05, 4.69) is 32.7 Å². The van der Waals surface area contributed by atoms with Gasteiger partial charge in [-0.2, -0.15) is 0 Å². The Bertz CT molecular complexity index is 575. The van der Waals surface area contributed by atoms with Gasteiger partial charge in [-0.1, -0.05) is 0 Å².